The molecule has 2 N–H and O–H groups in total. The molecule has 0 aliphatic carbocycles. The Morgan fingerprint density at radius 3 is 2.58 bits per heavy atom. The van der Waals surface area contributed by atoms with Crippen molar-refractivity contribution >= 4 is 18.0 Å². The van der Waals surface area contributed by atoms with Gasteiger partial charge in [0, 0.05) is 11.1 Å². The first-order chi connectivity index (χ1) is 12.5. The molecule has 0 aromatic heterocycles. The third-order valence-electron chi connectivity index (χ3n) is 3.52. The molecule has 0 aliphatic rings. The van der Waals surface area contributed by atoms with Gasteiger partial charge in [0.25, 0.3) is 11.8 Å². The van der Waals surface area contributed by atoms with Gasteiger partial charge in [0.2, 0.25) is 0 Å². The van der Waals surface area contributed by atoms with E-state index in [1.807, 2.05) is 13.0 Å². The zero-order valence-corrected chi connectivity index (χ0v) is 14.9. The first-order valence-corrected chi connectivity index (χ1v) is 7.93. The van der Waals surface area contributed by atoms with Gasteiger partial charge < -0.3 is 14.8 Å². The first kappa shape index (κ1) is 19.0. The highest BCUT2D eigenvalue weighted by atomic mass is 16.5. The minimum absolute atomic E-state index is 0.181. The van der Waals surface area contributed by atoms with Crippen LogP contribution in [0.5, 0.6) is 11.5 Å². The van der Waals surface area contributed by atoms with E-state index in [1.54, 1.807) is 36.4 Å². The van der Waals surface area contributed by atoms with Crippen LogP contribution in [0.2, 0.25) is 0 Å². The van der Waals surface area contributed by atoms with Gasteiger partial charge in [-0.15, -0.1) is 0 Å². The van der Waals surface area contributed by atoms with Crippen LogP contribution in [0.25, 0.3) is 0 Å². The zero-order valence-electron chi connectivity index (χ0n) is 14.9. The lowest BCUT2D eigenvalue weighted by Gasteiger charge is -2.09. The fourth-order valence-corrected chi connectivity index (χ4v) is 2.28. The van der Waals surface area contributed by atoms with Crippen molar-refractivity contribution in [1.29, 1.82) is 0 Å². The number of aryl methyl sites for hydroxylation is 1. The van der Waals surface area contributed by atoms with E-state index in [0.717, 1.165) is 5.56 Å². The largest absolute Gasteiger partial charge is 0.493 e. The van der Waals surface area contributed by atoms with Crippen LogP contribution in [0.15, 0.2) is 47.6 Å². The number of hydrogen-bond donors (Lipinski definition) is 2. The van der Waals surface area contributed by atoms with Crippen molar-refractivity contribution in [2.24, 2.45) is 5.10 Å². The second kappa shape index (κ2) is 9.22. The summed E-state index contributed by atoms with van der Waals surface area (Å²) in [5.74, 6) is 0.320. The number of methoxy groups -OCH3 is 2. The Bertz CT molecular complexity index is 818. The smallest absolute Gasteiger partial charge is 0.259 e. The summed E-state index contributed by atoms with van der Waals surface area (Å²) in [5, 5.41) is 6.42. The number of benzene rings is 2. The molecule has 7 nitrogen and oxygen atoms in total. The summed E-state index contributed by atoms with van der Waals surface area (Å²) in [6.07, 6.45) is 1.45. The zero-order chi connectivity index (χ0) is 18.9. The lowest BCUT2D eigenvalue weighted by molar-refractivity contribution is -0.120. The molecule has 2 rings (SSSR count). The molecule has 26 heavy (non-hydrogen) atoms. The maximum atomic E-state index is 12.0. The van der Waals surface area contributed by atoms with Gasteiger partial charge in [0.1, 0.15) is 0 Å². The van der Waals surface area contributed by atoms with E-state index in [4.69, 9.17) is 9.47 Å². The maximum absolute atomic E-state index is 12.0. The summed E-state index contributed by atoms with van der Waals surface area (Å²) in [6.45, 7) is 1.71. The summed E-state index contributed by atoms with van der Waals surface area (Å²) in [7, 11) is 3.06. The van der Waals surface area contributed by atoms with Gasteiger partial charge in [0.15, 0.2) is 11.5 Å². The molecule has 2 amide bonds. The summed E-state index contributed by atoms with van der Waals surface area (Å²) >= 11 is 0. The fraction of sp³-hybridized carbons (Fsp3) is 0.211. The number of nitrogens with one attached hydrogen (secondary N) is 2. The van der Waals surface area contributed by atoms with Gasteiger partial charge in [-0.2, -0.15) is 5.10 Å². The number of hydrogen-bond acceptors (Lipinski definition) is 5. The van der Waals surface area contributed by atoms with Crippen molar-refractivity contribution in [3.63, 3.8) is 0 Å². The molecular weight excluding hydrogens is 334 g/mol. The normalized spacial score (nSPS) is 10.4. The minimum Gasteiger partial charge on any atom is -0.493 e. The van der Waals surface area contributed by atoms with Crippen LogP contribution in [0.1, 0.15) is 21.5 Å². The standard InChI is InChI=1S/C19H21N3O4/c1-13-6-4-7-14(10-13)19(24)20-12-17(23)22-21-11-15-8-5-9-16(25-2)18(15)26-3/h4-11H,12H2,1-3H3,(H,20,24)(H,22,23)/b21-11+. The Morgan fingerprint density at radius 2 is 1.88 bits per heavy atom. The van der Waals surface area contributed by atoms with E-state index in [1.165, 1.54) is 20.4 Å². The summed E-state index contributed by atoms with van der Waals surface area (Å²) in [4.78, 5) is 23.8. The van der Waals surface area contributed by atoms with Crippen molar-refractivity contribution < 1.29 is 19.1 Å². The molecule has 7 heteroatoms. The van der Waals surface area contributed by atoms with Crippen molar-refractivity contribution in [2.75, 3.05) is 20.8 Å². The molecule has 0 bridgehead atoms. The predicted octanol–water partition coefficient (Wildman–Crippen LogP) is 1.89. The molecule has 0 fully saturated rings. The lowest BCUT2D eigenvalue weighted by atomic mass is 10.1. The molecule has 2 aromatic carbocycles. The SMILES string of the molecule is COc1cccc(/C=N/NC(=O)CNC(=O)c2cccc(C)c2)c1OC. The molecule has 0 saturated heterocycles. The van der Waals surface area contributed by atoms with Gasteiger partial charge in [-0.05, 0) is 31.2 Å². The van der Waals surface area contributed by atoms with E-state index in [0.29, 0.717) is 22.6 Å². The van der Waals surface area contributed by atoms with Crippen molar-refractivity contribution in [3.8, 4) is 11.5 Å². The quantitative estimate of drug-likeness (QED) is 0.586. The van der Waals surface area contributed by atoms with Crippen molar-refractivity contribution in [3.05, 3.63) is 59.2 Å². The average molecular weight is 355 g/mol. The van der Waals surface area contributed by atoms with Gasteiger partial charge in [-0.3, -0.25) is 9.59 Å². The molecule has 0 radical (unpaired) electrons. The summed E-state index contributed by atoms with van der Waals surface area (Å²) < 4.78 is 10.5. The Hall–Kier alpha value is -3.35. The minimum atomic E-state index is -0.441. The van der Waals surface area contributed by atoms with Crippen LogP contribution in [0.4, 0.5) is 0 Å². The molecular formula is C19H21N3O4. The van der Waals surface area contributed by atoms with Crippen LogP contribution in [-0.2, 0) is 4.79 Å². The summed E-state index contributed by atoms with van der Waals surface area (Å²) in [6, 6.07) is 12.4. The van der Waals surface area contributed by atoms with Gasteiger partial charge >= 0.3 is 0 Å². The highest BCUT2D eigenvalue weighted by Gasteiger charge is 2.09. The molecule has 136 valence electrons. The number of ether oxygens (including phenoxy) is 2. The lowest BCUT2D eigenvalue weighted by Crippen LogP contribution is -2.34. The second-order valence-electron chi connectivity index (χ2n) is 5.43. The number of rotatable bonds is 7. The molecule has 0 unspecified atom stereocenters. The Labute approximate surface area is 152 Å². The van der Waals surface area contributed by atoms with Gasteiger partial charge in [-0.1, -0.05) is 23.8 Å². The fourth-order valence-electron chi connectivity index (χ4n) is 2.28. The van der Waals surface area contributed by atoms with Gasteiger partial charge in [-0.25, -0.2) is 5.43 Å². The predicted molar refractivity (Wildman–Crippen MR) is 98.8 cm³/mol. The average Bonchev–Trinajstić information content (AvgIpc) is 2.65. The van der Waals surface area contributed by atoms with Crippen LogP contribution in [0, 0.1) is 6.92 Å². The monoisotopic (exact) mass is 355 g/mol. The van der Waals surface area contributed by atoms with Crippen LogP contribution in [-0.4, -0.2) is 38.8 Å². The number of carbonyl (C=O) groups is 2. The van der Waals surface area contributed by atoms with Crippen LogP contribution >= 0.6 is 0 Å². The number of para-hydroxylation sites is 1. The van der Waals surface area contributed by atoms with E-state index in [9.17, 15) is 9.59 Å². The number of nitrogens with zero attached hydrogens (tertiary/aromatic N) is 1. The second-order valence-corrected chi connectivity index (χ2v) is 5.43. The Morgan fingerprint density at radius 1 is 1.12 bits per heavy atom. The van der Waals surface area contributed by atoms with Crippen LogP contribution < -0.4 is 20.2 Å². The summed E-state index contributed by atoms with van der Waals surface area (Å²) in [5.41, 5.74) is 4.48. The third kappa shape index (κ3) is 5.07. The topological polar surface area (TPSA) is 89.0 Å². The number of carbonyl (C=O) groups excluding carboxylic acids is 2. The Balaban J connectivity index is 1.89. The van der Waals surface area contributed by atoms with Crippen molar-refractivity contribution in [2.45, 2.75) is 6.92 Å². The third-order valence-corrected chi connectivity index (χ3v) is 3.52. The van der Waals surface area contributed by atoms with Crippen molar-refractivity contribution in [1.82, 2.24) is 10.7 Å². The first-order valence-electron chi connectivity index (χ1n) is 7.93. The van der Waals surface area contributed by atoms with Crippen LogP contribution in [0.3, 0.4) is 0 Å². The molecule has 0 spiro atoms. The molecule has 0 aliphatic heterocycles. The molecule has 0 atom stereocenters. The number of amides is 2. The van der Waals surface area contributed by atoms with E-state index in [2.05, 4.69) is 15.8 Å². The molecule has 2 aromatic rings. The maximum Gasteiger partial charge on any atom is 0.259 e. The molecule has 0 saturated carbocycles. The van der Waals surface area contributed by atoms with E-state index in [-0.39, 0.29) is 12.5 Å². The van der Waals surface area contributed by atoms with E-state index < -0.39 is 5.91 Å². The Kier molecular flexibility index (Phi) is 6.73. The highest BCUT2D eigenvalue weighted by molar-refractivity contribution is 5.96. The van der Waals surface area contributed by atoms with E-state index >= 15 is 0 Å². The molecule has 0 heterocycles. The van der Waals surface area contributed by atoms with Gasteiger partial charge in [0.05, 0.1) is 27.0 Å². The number of hydrazone groups is 1. The highest BCUT2D eigenvalue weighted by Crippen LogP contribution is 2.29.